The topological polar surface area (TPSA) is 29.3 Å². The van der Waals surface area contributed by atoms with Crippen molar-refractivity contribution in [1.82, 2.24) is 0 Å². The second-order valence-corrected chi connectivity index (χ2v) is 5.40. The van der Waals surface area contributed by atoms with Crippen molar-refractivity contribution in [1.29, 1.82) is 0 Å². The summed E-state index contributed by atoms with van der Waals surface area (Å²) in [5, 5.41) is 6.70. The molecule has 0 aliphatic heterocycles. The molecule has 106 valence electrons. The Morgan fingerprint density at radius 2 is 1.23 bits per heavy atom. The molecule has 0 fully saturated rings. The number of hydrogen-bond donors (Lipinski definition) is 1. The molecule has 0 radical (unpaired) electrons. The van der Waals surface area contributed by atoms with Crippen molar-refractivity contribution in [3.63, 3.8) is 0 Å². The number of para-hydroxylation sites is 1. The molecule has 22 heavy (non-hydrogen) atoms. The van der Waals surface area contributed by atoms with Crippen molar-refractivity contribution < 1.29 is 0 Å². The summed E-state index contributed by atoms with van der Waals surface area (Å²) in [5.41, 5.74) is 1.96. The van der Waals surface area contributed by atoms with Gasteiger partial charge < -0.3 is 0 Å². The Bertz CT molecular complexity index is 945. The van der Waals surface area contributed by atoms with E-state index in [1.54, 1.807) is 5.01 Å². The van der Waals surface area contributed by atoms with Crippen LogP contribution in [0.3, 0.4) is 0 Å². The fourth-order valence-electron chi connectivity index (χ4n) is 2.89. The van der Waals surface area contributed by atoms with Crippen LogP contribution < -0.4 is 10.9 Å². The summed E-state index contributed by atoms with van der Waals surface area (Å²) in [6.45, 7) is 0. The third-order valence-electron chi connectivity index (χ3n) is 4.04. The highest BCUT2D eigenvalue weighted by Gasteiger charge is 2.06. The van der Waals surface area contributed by atoms with Gasteiger partial charge in [0, 0.05) is 0 Å². The predicted octanol–water partition coefficient (Wildman–Crippen LogP) is 5.00. The Morgan fingerprint density at radius 1 is 0.545 bits per heavy atom. The SMILES string of the molecule is NN(c1ccccc1)c1ccc2c(ccc3ccccc32)c1. The van der Waals surface area contributed by atoms with Gasteiger partial charge in [-0.3, -0.25) is 5.01 Å². The van der Waals surface area contributed by atoms with E-state index in [9.17, 15) is 0 Å². The van der Waals surface area contributed by atoms with Gasteiger partial charge in [0.05, 0.1) is 11.4 Å². The molecule has 4 rings (SSSR count). The number of nitrogens with two attached hydrogens (primary N) is 1. The van der Waals surface area contributed by atoms with E-state index in [2.05, 4.69) is 54.6 Å². The fraction of sp³-hybridized carbons (Fsp3) is 0. The van der Waals surface area contributed by atoms with Gasteiger partial charge in [0.2, 0.25) is 0 Å². The third-order valence-corrected chi connectivity index (χ3v) is 4.04. The third kappa shape index (κ3) is 2.10. The average Bonchev–Trinajstić information content (AvgIpc) is 2.61. The summed E-state index contributed by atoms with van der Waals surface area (Å²) in [6.07, 6.45) is 0. The standard InChI is InChI=1S/C20H16N2/c21-22(17-7-2-1-3-8-17)18-12-13-20-16(14-18)11-10-15-6-4-5-9-19(15)20/h1-14H,21H2. The zero-order chi connectivity index (χ0) is 14.9. The van der Waals surface area contributed by atoms with Crippen LogP contribution in [0.25, 0.3) is 21.5 Å². The van der Waals surface area contributed by atoms with E-state index in [-0.39, 0.29) is 0 Å². The largest absolute Gasteiger partial charge is 0.280 e. The van der Waals surface area contributed by atoms with Gasteiger partial charge in [0.1, 0.15) is 0 Å². The van der Waals surface area contributed by atoms with E-state index < -0.39 is 0 Å². The summed E-state index contributed by atoms with van der Waals surface area (Å²) in [4.78, 5) is 0. The summed E-state index contributed by atoms with van der Waals surface area (Å²) < 4.78 is 0. The molecule has 0 amide bonds. The van der Waals surface area contributed by atoms with Crippen molar-refractivity contribution in [2.45, 2.75) is 0 Å². The molecule has 0 saturated carbocycles. The van der Waals surface area contributed by atoms with Gasteiger partial charge in [0.15, 0.2) is 0 Å². The van der Waals surface area contributed by atoms with Crippen LogP contribution in [0.15, 0.2) is 84.9 Å². The van der Waals surface area contributed by atoms with Gasteiger partial charge in [0.25, 0.3) is 0 Å². The molecule has 0 heterocycles. The lowest BCUT2D eigenvalue weighted by Gasteiger charge is -2.19. The van der Waals surface area contributed by atoms with Gasteiger partial charge in [-0.25, -0.2) is 5.84 Å². The molecule has 0 bridgehead atoms. The molecular formula is C20H16N2. The second kappa shape index (κ2) is 5.17. The van der Waals surface area contributed by atoms with Crippen LogP contribution in [0.4, 0.5) is 11.4 Å². The first kappa shape index (κ1) is 12.9. The highest BCUT2D eigenvalue weighted by Crippen LogP contribution is 2.30. The Kier molecular flexibility index (Phi) is 3.02. The summed E-state index contributed by atoms with van der Waals surface area (Å²) >= 11 is 0. The average molecular weight is 284 g/mol. The first-order valence-electron chi connectivity index (χ1n) is 7.34. The lowest BCUT2D eigenvalue weighted by Crippen LogP contribution is -2.24. The Hall–Kier alpha value is -2.84. The van der Waals surface area contributed by atoms with E-state index in [4.69, 9.17) is 5.84 Å². The van der Waals surface area contributed by atoms with Crippen LogP contribution in [0.5, 0.6) is 0 Å². The molecule has 0 aromatic heterocycles. The van der Waals surface area contributed by atoms with Crippen LogP contribution >= 0.6 is 0 Å². The summed E-state index contributed by atoms with van der Waals surface area (Å²) in [6, 6.07) is 29.1. The number of nitrogens with zero attached hydrogens (tertiary/aromatic N) is 1. The van der Waals surface area contributed by atoms with Crippen molar-refractivity contribution in [3.05, 3.63) is 84.9 Å². The first-order valence-corrected chi connectivity index (χ1v) is 7.34. The minimum Gasteiger partial charge on any atom is -0.280 e. The fourth-order valence-corrected chi connectivity index (χ4v) is 2.89. The predicted molar refractivity (Wildman–Crippen MR) is 94.2 cm³/mol. The molecule has 2 heteroatoms. The van der Waals surface area contributed by atoms with Crippen LogP contribution in [0, 0.1) is 0 Å². The first-order chi connectivity index (χ1) is 10.8. The van der Waals surface area contributed by atoms with Crippen molar-refractivity contribution in [3.8, 4) is 0 Å². The maximum absolute atomic E-state index is 6.25. The van der Waals surface area contributed by atoms with Crippen LogP contribution in [-0.2, 0) is 0 Å². The van der Waals surface area contributed by atoms with Crippen molar-refractivity contribution >= 4 is 32.9 Å². The molecule has 2 N–H and O–H groups in total. The maximum atomic E-state index is 6.25. The van der Waals surface area contributed by atoms with E-state index in [1.165, 1.54) is 21.5 Å². The Morgan fingerprint density at radius 3 is 2.09 bits per heavy atom. The zero-order valence-electron chi connectivity index (χ0n) is 12.1. The number of benzene rings is 4. The number of anilines is 2. The Balaban J connectivity index is 1.86. The maximum Gasteiger partial charge on any atom is 0.0581 e. The van der Waals surface area contributed by atoms with E-state index in [0.717, 1.165) is 11.4 Å². The van der Waals surface area contributed by atoms with Crippen molar-refractivity contribution in [2.24, 2.45) is 5.84 Å². The quantitative estimate of drug-likeness (QED) is 0.319. The smallest absolute Gasteiger partial charge is 0.0581 e. The highest BCUT2D eigenvalue weighted by molar-refractivity contribution is 6.08. The molecule has 0 aliphatic carbocycles. The minimum atomic E-state index is 0.975. The molecule has 0 saturated heterocycles. The highest BCUT2D eigenvalue weighted by atomic mass is 15.4. The molecular weight excluding hydrogens is 268 g/mol. The lowest BCUT2D eigenvalue weighted by molar-refractivity contribution is 1.09. The number of rotatable bonds is 2. The van der Waals surface area contributed by atoms with E-state index in [0.29, 0.717) is 0 Å². The Labute approximate surface area is 129 Å². The zero-order valence-corrected chi connectivity index (χ0v) is 12.1. The van der Waals surface area contributed by atoms with Crippen LogP contribution in [0.1, 0.15) is 0 Å². The van der Waals surface area contributed by atoms with Crippen LogP contribution in [-0.4, -0.2) is 0 Å². The van der Waals surface area contributed by atoms with Crippen molar-refractivity contribution in [2.75, 3.05) is 5.01 Å². The molecule has 0 spiro atoms. The molecule has 4 aromatic carbocycles. The summed E-state index contributed by atoms with van der Waals surface area (Å²) in [5.74, 6) is 6.25. The monoisotopic (exact) mass is 284 g/mol. The number of hydrazine groups is 1. The van der Waals surface area contributed by atoms with Gasteiger partial charge >= 0.3 is 0 Å². The van der Waals surface area contributed by atoms with Gasteiger partial charge in [-0.2, -0.15) is 0 Å². The van der Waals surface area contributed by atoms with E-state index >= 15 is 0 Å². The lowest BCUT2D eigenvalue weighted by atomic mass is 10.0. The van der Waals surface area contributed by atoms with Crippen LogP contribution in [0.2, 0.25) is 0 Å². The summed E-state index contributed by atoms with van der Waals surface area (Å²) in [7, 11) is 0. The normalized spacial score (nSPS) is 11.0. The molecule has 4 aromatic rings. The minimum absolute atomic E-state index is 0.975. The number of hydrogen-bond acceptors (Lipinski definition) is 2. The van der Waals surface area contributed by atoms with Gasteiger partial charge in [-0.05, 0) is 45.8 Å². The molecule has 0 atom stereocenters. The van der Waals surface area contributed by atoms with Gasteiger partial charge in [-0.1, -0.05) is 60.7 Å². The van der Waals surface area contributed by atoms with Gasteiger partial charge in [-0.15, -0.1) is 0 Å². The van der Waals surface area contributed by atoms with E-state index in [1.807, 2.05) is 30.3 Å². The molecule has 2 nitrogen and oxygen atoms in total. The molecule has 0 unspecified atom stereocenters. The number of fused-ring (bicyclic) bond motifs is 3. The second-order valence-electron chi connectivity index (χ2n) is 5.40. The molecule has 0 aliphatic rings.